The molecule has 4 nitrogen and oxygen atoms in total. The Labute approximate surface area is 95.3 Å². The molecule has 0 aromatic carbocycles. The monoisotopic (exact) mass is 223 g/mol. The van der Waals surface area contributed by atoms with Crippen molar-refractivity contribution in [2.24, 2.45) is 0 Å². The Balaban J connectivity index is 3.03. The minimum atomic E-state index is -0.951. The second kappa shape index (κ2) is 5.49. The molecule has 0 aliphatic rings. The zero-order valence-corrected chi connectivity index (χ0v) is 9.86. The topological polar surface area (TPSA) is 59.4 Å². The fourth-order valence-corrected chi connectivity index (χ4v) is 1.37. The van der Waals surface area contributed by atoms with Crippen LogP contribution in [0.1, 0.15) is 43.2 Å². The number of carboxylic acid groups (broad SMARTS) is 1. The standard InChI is InChI=1S/C12H17NO3/c1-4-5-10-6-9(12(14)15)7-11(13-10)16-8(2)3/h6-8H,4-5H2,1-3H3,(H,14,15). The van der Waals surface area contributed by atoms with Crippen LogP contribution in [0.3, 0.4) is 0 Å². The van der Waals surface area contributed by atoms with Gasteiger partial charge < -0.3 is 9.84 Å². The van der Waals surface area contributed by atoms with Crippen LogP contribution in [0.4, 0.5) is 0 Å². The number of carboxylic acids is 1. The Morgan fingerprint density at radius 2 is 2.19 bits per heavy atom. The van der Waals surface area contributed by atoms with E-state index in [1.54, 1.807) is 6.07 Å². The van der Waals surface area contributed by atoms with E-state index in [0.717, 1.165) is 18.5 Å². The van der Waals surface area contributed by atoms with Gasteiger partial charge >= 0.3 is 5.97 Å². The Morgan fingerprint density at radius 1 is 1.50 bits per heavy atom. The summed E-state index contributed by atoms with van der Waals surface area (Å²) in [6.45, 7) is 5.79. The van der Waals surface area contributed by atoms with E-state index in [2.05, 4.69) is 4.98 Å². The third-order valence-electron chi connectivity index (χ3n) is 1.96. The average molecular weight is 223 g/mol. The quantitative estimate of drug-likeness (QED) is 0.833. The van der Waals surface area contributed by atoms with Gasteiger partial charge in [0, 0.05) is 11.8 Å². The smallest absolute Gasteiger partial charge is 0.335 e. The fourth-order valence-electron chi connectivity index (χ4n) is 1.37. The Morgan fingerprint density at radius 3 is 2.69 bits per heavy atom. The van der Waals surface area contributed by atoms with Gasteiger partial charge in [-0.2, -0.15) is 0 Å². The van der Waals surface area contributed by atoms with Crippen LogP contribution in [0, 0.1) is 0 Å². The molecule has 0 saturated heterocycles. The van der Waals surface area contributed by atoms with Gasteiger partial charge in [-0.1, -0.05) is 13.3 Å². The highest BCUT2D eigenvalue weighted by molar-refractivity contribution is 5.88. The predicted octanol–water partition coefficient (Wildman–Crippen LogP) is 2.52. The highest BCUT2D eigenvalue weighted by Gasteiger charge is 2.09. The van der Waals surface area contributed by atoms with Gasteiger partial charge in [-0.3, -0.25) is 0 Å². The van der Waals surface area contributed by atoms with Crippen molar-refractivity contribution in [2.75, 3.05) is 0 Å². The first-order valence-corrected chi connectivity index (χ1v) is 5.43. The molecule has 0 amide bonds. The van der Waals surface area contributed by atoms with E-state index < -0.39 is 5.97 Å². The van der Waals surface area contributed by atoms with Crippen LogP contribution in [-0.4, -0.2) is 22.2 Å². The van der Waals surface area contributed by atoms with Crippen LogP contribution in [0.5, 0.6) is 5.88 Å². The van der Waals surface area contributed by atoms with Gasteiger partial charge in [0.25, 0.3) is 0 Å². The third-order valence-corrected chi connectivity index (χ3v) is 1.96. The van der Waals surface area contributed by atoms with E-state index in [4.69, 9.17) is 9.84 Å². The van der Waals surface area contributed by atoms with Gasteiger partial charge in [0.05, 0.1) is 11.7 Å². The maximum absolute atomic E-state index is 10.9. The Hall–Kier alpha value is -1.58. The van der Waals surface area contributed by atoms with Crippen LogP contribution in [0.15, 0.2) is 12.1 Å². The molecule has 1 aromatic rings. The zero-order chi connectivity index (χ0) is 12.1. The van der Waals surface area contributed by atoms with Crippen LogP contribution >= 0.6 is 0 Å². The number of carbonyl (C=O) groups is 1. The summed E-state index contributed by atoms with van der Waals surface area (Å²) in [6, 6.07) is 3.06. The predicted molar refractivity (Wildman–Crippen MR) is 61.0 cm³/mol. The number of hydrogen-bond acceptors (Lipinski definition) is 3. The average Bonchev–Trinajstić information content (AvgIpc) is 2.16. The molecule has 0 atom stereocenters. The first-order chi connectivity index (χ1) is 7.52. The number of ether oxygens (including phenoxy) is 1. The normalized spacial score (nSPS) is 10.5. The van der Waals surface area contributed by atoms with Crippen LogP contribution in [0.2, 0.25) is 0 Å². The summed E-state index contributed by atoms with van der Waals surface area (Å²) in [7, 11) is 0. The molecular weight excluding hydrogens is 206 g/mol. The molecular formula is C12H17NO3. The lowest BCUT2D eigenvalue weighted by Crippen LogP contribution is -2.09. The number of aromatic carboxylic acids is 1. The lowest BCUT2D eigenvalue weighted by Gasteiger charge is -2.10. The Bertz CT molecular complexity index is 375. The lowest BCUT2D eigenvalue weighted by molar-refractivity contribution is 0.0695. The molecule has 1 N–H and O–H groups in total. The number of pyridine rings is 1. The van der Waals surface area contributed by atoms with E-state index in [1.807, 2.05) is 20.8 Å². The van der Waals surface area contributed by atoms with E-state index in [-0.39, 0.29) is 11.7 Å². The molecule has 4 heteroatoms. The minimum absolute atomic E-state index is 0.00831. The molecule has 0 spiro atoms. The van der Waals surface area contributed by atoms with Gasteiger partial charge in [0.15, 0.2) is 0 Å². The van der Waals surface area contributed by atoms with Crippen molar-refractivity contribution in [3.63, 3.8) is 0 Å². The van der Waals surface area contributed by atoms with Gasteiger partial charge in [-0.25, -0.2) is 9.78 Å². The molecule has 1 aromatic heterocycles. The molecule has 1 heterocycles. The highest BCUT2D eigenvalue weighted by Crippen LogP contribution is 2.15. The van der Waals surface area contributed by atoms with E-state index in [0.29, 0.717) is 5.88 Å². The van der Waals surface area contributed by atoms with Crippen molar-refractivity contribution in [1.29, 1.82) is 0 Å². The summed E-state index contributed by atoms with van der Waals surface area (Å²) in [5, 5.41) is 8.95. The summed E-state index contributed by atoms with van der Waals surface area (Å²) in [5.74, 6) is -0.563. The second-order valence-electron chi connectivity index (χ2n) is 3.91. The molecule has 0 bridgehead atoms. The second-order valence-corrected chi connectivity index (χ2v) is 3.91. The summed E-state index contributed by atoms with van der Waals surface area (Å²) in [6.07, 6.45) is 1.68. The number of hydrogen-bond donors (Lipinski definition) is 1. The zero-order valence-electron chi connectivity index (χ0n) is 9.86. The van der Waals surface area contributed by atoms with Crippen LogP contribution in [-0.2, 0) is 6.42 Å². The maximum Gasteiger partial charge on any atom is 0.335 e. The lowest BCUT2D eigenvalue weighted by atomic mass is 10.1. The van der Waals surface area contributed by atoms with Gasteiger partial charge in [-0.15, -0.1) is 0 Å². The van der Waals surface area contributed by atoms with Crippen molar-refractivity contribution in [2.45, 2.75) is 39.7 Å². The molecule has 0 saturated carbocycles. The van der Waals surface area contributed by atoms with Crippen molar-refractivity contribution in [1.82, 2.24) is 4.98 Å². The van der Waals surface area contributed by atoms with Crippen LogP contribution in [0.25, 0.3) is 0 Å². The largest absolute Gasteiger partial charge is 0.478 e. The van der Waals surface area contributed by atoms with E-state index >= 15 is 0 Å². The summed E-state index contributed by atoms with van der Waals surface area (Å²) >= 11 is 0. The van der Waals surface area contributed by atoms with Gasteiger partial charge in [-0.05, 0) is 26.3 Å². The molecule has 0 radical (unpaired) electrons. The molecule has 0 aliphatic carbocycles. The SMILES string of the molecule is CCCc1cc(C(=O)O)cc(OC(C)C)n1. The van der Waals surface area contributed by atoms with Crippen molar-refractivity contribution < 1.29 is 14.6 Å². The summed E-state index contributed by atoms with van der Waals surface area (Å²) < 4.78 is 5.42. The van der Waals surface area contributed by atoms with Crippen molar-refractivity contribution in [3.8, 4) is 5.88 Å². The van der Waals surface area contributed by atoms with Gasteiger partial charge in [0.2, 0.25) is 5.88 Å². The molecule has 0 aliphatic heterocycles. The number of aromatic nitrogens is 1. The molecule has 16 heavy (non-hydrogen) atoms. The Kier molecular flexibility index (Phi) is 4.28. The van der Waals surface area contributed by atoms with E-state index in [1.165, 1.54) is 6.07 Å². The minimum Gasteiger partial charge on any atom is -0.478 e. The number of rotatable bonds is 5. The summed E-state index contributed by atoms with van der Waals surface area (Å²) in [4.78, 5) is 15.2. The van der Waals surface area contributed by atoms with E-state index in [9.17, 15) is 4.79 Å². The van der Waals surface area contributed by atoms with Gasteiger partial charge in [0.1, 0.15) is 0 Å². The number of nitrogens with zero attached hydrogens (tertiary/aromatic N) is 1. The third kappa shape index (κ3) is 3.53. The van der Waals surface area contributed by atoms with Crippen LogP contribution < -0.4 is 4.74 Å². The first-order valence-electron chi connectivity index (χ1n) is 5.43. The molecule has 1 rings (SSSR count). The molecule has 0 unspecified atom stereocenters. The van der Waals surface area contributed by atoms with Crippen molar-refractivity contribution >= 4 is 5.97 Å². The molecule has 88 valence electrons. The fraction of sp³-hybridized carbons (Fsp3) is 0.500. The first kappa shape index (κ1) is 12.5. The molecule has 0 fully saturated rings. The van der Waals surface area contributed by atoms with Crippen molar-refractivity contribution in [3.05, 3.63) is 23.4 Å². The highest BCUT2D eigenvalue weighted by atomic mass is 16.5. The summed E-state index contributed by atoms with van der Waals surface area (Å²) in [5.41, 5.74) is 0.993. The number of aryl methyl sites for hydroxylation is 1. The maximum atomic E-state index is 10.9.